The number of carbonyl (C=O) groups excluding carboxylic acids is 2. The molecule has 0 bridgehead atoms. The minimum absolute atomic E-state index is 0.187. The van der Waals surface area contributed by atoms with E-state index in [-0.39, 0.29) is 11.8 Å². The summed E-state index contributed by atoms with van der Waals surface area (Å²) in [4.78, 5) is 26.3. The highest BCUT2D eigenvalue weighted by atomic mass is 16.5. The molecule has 1 aliphatic heterocycles. The Hall–Kier alpha value is -2.86. The van der Waals surface area contributed by atoms with Gasteiger partial charge in [-0.05, 0) is 36.2 Å². The van der Waals surface area contributed by atoms with Crippen molar-refractivity contribution in [2.75, 3.05) is 32.2 Å². The summed E-state index contributed by atoms with van der Waals surface area (Å²) in [6, 6.07) is 14.7. The summed E-state index contributed by atoms with van der Waals surface area (Å²) in [7, 11) is 1.60. The Balaban J connectivity index is 1.67. The average molecular weight is 368 g/mol. The fourth-order valence-electron chi connectivity index (χ4n) is 3.05. The number of nitrogens with one attached hydrogen (secondary N) is 1. The lowest BCUT2D eigenvalue weighted by molar-refractivity contribution is -0.128. The van der Waals surface area contributed by atoms with Gasteiger partial charge < -0.3 is 19.7 Å². The summed E-state index contributed by atoms with van der Waals surface area (Å²) in [5, 5.41) is 2.91. The van der Waals surface area contributed by atoms with Crippen molar-refractivity contribution in [3.05, 3.63) is 59.7 Å². The number of hydrogen-bond donors (Lipinski definition) is 1. The average Bonchev–Trinajstić information content (AvgIpc) is 3.07. The molecule has 3 rings (SSSR count). The van der Waals surface area contributed by atoms with Crippen LogP contribution in [-0.4, -0.2) is 43.6 Å². The Bertz CT molecular complexity index is 806. The molecule has 0 atom stereocenters. The van der Waals surface area contributed by atoms with Crippen LogP contribution in [0.25, 0.3) is 0 Å². The predicted molar refractivity (Wildman–Crippen MR) is 103 cm³/mol. The van der Waals surface area contributed by atoms with E-state index in [1.807, 2.05) is 35.2 Å². The summed E-state index contributed by atoms with van der Waals surface area (Å²) in [5.41, 5.74) is 2.15. The van der Waals surface area contributed by atoms with Crippen molar-refractivity contribution in [1.82, 2.24) is 4.90 Å². The van der Waals surface area contributed by atoms with Crippen LogP contribution < -0.4 is 10.1 Å². The lowest BCUT2D eigenvalue weighted by Gasteiger charge is -2.16. The molecule has 1 heterocycles. The second-order valence-corrected chi connectivity index (χ2v) is 6.41. The van der Waals surface area contributed by atoms with Crippen LogP contribution in [0, 0.1) is 0 Å². The van der Waals surface area contributed by atoms with E-state index < -0.39 is 0 Å². The summed E-state index contributed by atoms with van der Waals surface area (Å²) >= 11 is 0. The van der Waals surface area contributed by atoms with Gasteiger partial charge in [-0.1, -0.05) is 24.3 Å². The monoisotopic (exact) mass is 368 g/mol. The highest BCUT2D eigenvalue weighted by Gasteiger charge is 2.20. The molecule has 1 fully saturated rings. The molecule has 2 amide bonds. The standard InChI is InChI=1S/C21H24N2O4/c1-26-12-13-27-19-9-3-2-8-18(19)21(25)22-17-7-4-6-16(14-17)15-23-11-5-10-20(23)24/h2-4,6-9,14H,5,10-13,15H2,1H3,(H,22,25). The molecule has 6 nitrogen and oxygen atoms in total. The molecule has 2 aromatic carbocycles. The van der Waals surface area contributed by atoms with Gasteiger partial charge in [-0.25, -0.2) is 0 Å². The Kier molecular flexibility index (Phi) is 6.44. The highest BCUT2D eigenvalue weighted by molar-refractivity contribution is 6.06. The van der Waals surface area contributed by atoms with E-state index in [2.05, 4.69) is 5.32 Å². The van der Waals surface area contributed by atoms with E-state index in [1.54, 1.807) is 25.3 Å². The largest absolute Gasteiger partial charge is 0.490 e. The molecule has 0 radical (unpaired) electrons. The van der Waals surface area contributed by atoms with Crippen LogP contribution in [-0.2, 0) is 16.1 Å². The van der Waals surface area contributed by atoms with Crippen molar-refractivity contribution in [3.8, 4) is 5.75 Å². The van der Waals surface area contributed by atoms with Gasteiger partial charge in [0.15, 0.2) is 0 Å². The molecule has 0 unspecified atom stereocenters. The smallest absolute Gasteiger partial charge is 0.259 e. The highest BCUT2D eigenvalue weighted by Crippen LogP contribution is 2.21. The Morgan fingerprint density at radius 3 is 2.78 bits per heavy atom. The van der Waals surface area contributed by atoms with E-state index in [4.69, 9.17) is 9.47 Å². The number of methoxy groups -OCH3 is 1. The molecule has 1 N–H and O–H groups in total. The fourth-order valence-corrected chi connectivity index (χ4v) is 3.05. The first-order valence-corrected chi connectivity index (χ1v) is 9.06. The number of amides is 2. The number of carbonyl (C=O) groups is 2. The fraction of sp³-hybridized carbons (Fsp3) is 0.333. The topological polar surface area (TPSA) is 67.9 Å². The maximum atomic E-state index is 12.7. The second kappa shape index (κ2) is 9.19. The van der Waals surface area contributed by atoms with E-state index in [1.165, 1.54) is 0 Å². The molecule has 0 saturated carbocycles. The molecule has 2 aromatic rings. The molecule has 0 aliphatic carbocycles. The van der Waals surface area contributed by atoms with Crippen LogP contribution in [0.1, 0.15) is 28.8 Å². The SMILES string of the molecule is COCCOc1ccccc1C(=O)Nc1cccc(CN2CCCC2=O)c1. The lowest BCUT2D eigenvalue weighted by Crippen LogP contribution is -2.23. The minimum Gasteiger partial charge on any atom is -0.490 e. The molecule has 1 aliphatic rings. The van der Waals surface area contributed by atoms with Gasteiger partial charge in [-0.3, -0.25) is 9.59 Å². The Morgan fingerprint density at radius 1 is 1.15 bits per heavy atom. The second-order valence-electron chi connectivity index (χ2n) is 6.41. The van der Waals surface area contributed by atoms with Gasteiger partial charge in [0.25, 0.3) is 5.91 Å². The van der Waals surface area contributed by atoms with Gasteiger partial charge in [0.2, 0.25) is 5.91 Å². The van der Waals surface area contributed by atoms with Gasteiger partial charge in [0, 0.05) is 32.3 Å². The van der Waals surface area contributed by atoms with Crippen LogP contribution >= 0.6 is 0 Å². The van der Waals surface area contributed by atoms with Crippen molar-refractivity contribution >= 4 is 17.5 Å². The van der Waals surface area contributed by atoms with Crippen molar-refractivity contribution < 1.29 is 19.1 Å². The first-order chi connectivity index (χ1) is 13.2. The van der Waals surface area contributed by atoms with Crippen LogP contribution in [0.15, 0.2) is 48.5 Å². The Labute approximate surface area is 159 Å². The summed E-state index contributed by atoms with van der Waals surface area (Å²) in [6.45, 7) is 2.19. The lowest BCUT2D eigenvalue weighted by atomic mass is 10.1. The van der Waals surface area contributed by atoms with Crippen LogP contribution in [0.5, 0.6) is 5.75 Å². The zero-order valence-electron chi connectivity index (χ0n) is 15.4. The third-order valence-corrected chi connectivity index (χ3v) is 4.41. The van der Waals surface area contributed by atoms with Gasteiger partial charge in [-0.15, -0.1) is 0 Å². The quantitative estimate of drug-likeness (QED) is 0.727. The molecule has 1 saturated heterocycles. The minimum atomic E-state index is -0.239. The van der Waals surface area contributed by atoms with E-state index >= 15 is 0 Å². The summed E-state index contributed by atoms with van der Waals surface area (Å²) in [5.74, 6) is 0.467. The molecule has 0 aromatic heterocycles. The number of ether oxygens (including phenoxy) is 2. The van der Waals surface area contributed by atoms with Crippen LogP contribution in [0.3, 0.4) is 0 Å². The molecular formula is C21H24N2O4. The van der Waals surface area contributed by atoms with E-state index in [0.717, 1.165) is 18.5 Å². The number of benzene rings is 2. The maximum absolute atomic E-state index is 12.7. The predicted octanol–water partition coefficient (Wildman–Crippen LogP) is 3.09. The number of rotatable bonds is 8. The van der Waals surface area contributed by atoms with Gasteiger partial charge in [0.05, 0.1) is 12.2 Å². The first-order valence-electron chi connectivity index (χ1n) is 9.06. The Morgan fingerprint density at radius 2 is 2.00 bits per heavy atom. The van der Waals surface area contributed by atoms with Gasteiger partial charge >= 0.3 is 0 Å². The molecule has 27 heavy (non-hydrogen) atoms. The number of para-hydroxylation sites is 1. The zero-order valence-corrected chi connectivity index (χ0v) is 15.4. The van der Waals surface area contributed by atoms with Gasteiger partial charge in [-0.2, -0.15) is 0 Å². The van der Waals surface area contributed by atoms with Crippen molar-refractivity contribution in [2.24, 2.45) is 0 Å². The maximum Gasteiger partial charge on any atom is 0.259 e. The van der Waals surface area contributed by atoms with Gasteiger partial charge in [0.1, 0.15) is 12.4 Å². The van der Waals surface area contributed by atoms with Crippen LogP contribution in [0.4, 0.5) is 5.69 Å². The van der Waals surface area contributed by atoms with E-state index in [9.17, 15) is 9.59 Å². The summed E-state index contributed by atoms with van der Waals surface area (Å²) in [6.07, 6.45) is 1.53. The number of nitrogens with zero attached hydrogens (tertiary/aromatic N) is 1. The molecule has 6 heteroatoms. The van der Waals surface area contributed by atoms with E-state index in [0.29, 0.717) is 43.2 Å². The molecule has 142 valence electrons. The van der Waals surface area contributed by atoms with Crippen LogP contribution in [0.2, 0.25) is 0 Å². The van der Waals surface area contributed by atoms with Crippen molar-refractivity contribution in [1.29, 1.82) is 0 Å². The number of hydrogen-bond acceptors (Lipinski definition) is 4. The zero-order chi connectivity index (χ0) is 19.1. The normalized spacial score (nSPS) is 13.7. The third kappa shape index (κ3) is 5.08. The number of likely N-dealkylation sites (tertiary alicyclic amines) is 1. The first kappa shape index (κ1) is 18.9. The molecular weight excluding hydrogens is 344 g/mol. The molecule has 0 spiro atoms. The number of anilines is 1. The van der Waals surface area contributed by atoms with Crippen molar-refractivity contribution in [2.45, 2.75) is 19.4 Å². The third-order valence-electron chi connectivity index (χ3n) is 4.41. The summed E-state index contributed by atoms with van der Waals surface area (Å²) < 4.78 is 10.6. The van der Waals surface area contributed by atoms with Crippen molar-refractivity contribution in [3.63, 3.8) is 0 Å².